The van der Waals surface area contributed by atoms with Crippen molar-refractivity contribution in [3.63, 3.8) is 0 Å². The molecule has 0 aromatic heterocycles. The van der Waals surface area contributed by atoms with Crippen molar-refractivity contribution in [3.8, 4) is 0 Å². The minimum Gasteiger partial charge on any atom is -0.313 e. The average Bonchev–Trinajstić information content (AvgIpc) is 2.56. The summed E-state index contributed by atoms with van der Waals surface area (Å²) in [6.45, 7) is 1.22. The van der Waals surface area contributed by atoms with Gasteiger partial charge in [0.15, 0.2) is 0 Å². The van der Waals surface area contributed by atoms with E-state index in [1.807, 2.05) is 0 Å². The van der Waals surface area contributed by atoms with Gasteiger partial charge in [0.25, 0.3) is 0 Å². The summed E-state index contributed by atoms with van der Waals surface area (Å²) in [5.41, 5.74) is 3.19. The van der Waals surface area contributed by atoms with Crippen LogP contribution < -0.4 is 5.32 Å². The van der Waals surface area contributed by atoms with Gasteiger partial charge in [0.05, 0.1) is 0 Å². The molecule has 0 spiro atoms. The van der Waals surface area contributed by atoms with E-state index >= 15 is 0 Å². The molecule has 1 aromatic rings. The lowest BCUT2D eigenvalue weighted by molar-refractivity contribution is 0.372. The van der Waals surface area contributed by atoms with E-state index in [1.54, 1.807) is 11.1 Å². The maximum absolute atomic E-state index is 3.63. The van der Waals surface area contributed by atoms with Crippen molar-refractivity contribution in [1.82, 2.24) is 5.32 Å². The van der Waals surface area contributed by atoms with Gasteiger partial charge in [-0.1, -0.05) is 24.3 Å². The third-order valence-electron chi connectivity index (χ3n) is 3.48. The third-order valence-corrected chi connectivity index (χ3v) is 3.48. The van der Waals surface area contributed by atoms with Gasteiger partial charge < -0.3 is 5.32 Å². The van der Waals surface area contributed by atoms with Crippen LogP contribution in [-0.4, -0.2) is 12.6 Å². The van der Waals surface area contributed by atoms with Crippen molar-refractivity contribution in [3.05, 3.63) is 35.4 Å². The molecule has 1 aromatic carbocycles. The maximum atomic E-state index is 3.63. The fraction of sp³-hybridized carbons (Fsp3) is 0.500. The summed E-state index contributed by atoms with van der Waals surface area (Å²) in [7, 11) is 0. The number of benzene rings is 1. The Labute approximate surface area is 79.2 Å². The summed E-state index contributed by atoms with van der Waals surface area (Å²) < 4.78 is 0. The van der Waals surface area contributed by atoms with Crippen LogP contribution in [0, 0.1) is 0 Å². The van der Waals surface area contributed by atoms with E-state index in [2.05, 4.69) is 29.6 Å². The van der Waals surface area contributed by atoms with Crippen LogP contribution in [0.25, 0.3) is 0 Å². The van der Waals surface area contributed by atoms with E-state index in [9.17, 15) is 0 Å². The molecule has 1 heterocycles. The summed E-state index contributed by atoms with van der Waals surface area (Å²) in [5, 5.41) is 3.63. The van der Waals surface area contributed by atoms with Gasteiger partial charge in [0.1, 0.15) is 0 Å². The van der Waals surface area contributed by atoms with Crippen LogP contribution in [0.5, 0.6) is 0 Å². The van der Waals surface area contributed by atoms with Crippen LogP contribution in [0.2, 0.25) is 0 Å². The highest BCUT2D eigenvalue weighted by molar-refractivity contribution is 5.38. The predicted octanol–water partition coefficient (Wildman–Crippen LogP) is 2.08. The molecule has 2 atom stereocenters. The van der Waals surface area contributed by atoms with Crippen LogP contribution in [0.4, 0.5) is 0 Å². The van der Waals surface area contributed by atoms with Gasteiger partial charge in [-0.25, -0.2) is 0 Å². The number of hydrogen-bond acceptors (Lipinski definition) is 1. The Bertz CT molecular complexity index is 319. The average molecular weight is 173 g/mol. The molecule has 2 aliphatic rings. The molecule has 1 saturated heterocycles. The monoisotopic (exact) mass is 173 g/mol. The summed E-state index contributed by atoms with van der Waals surface area (Å²) >= 11 is 0. The standard InChI is InChI=1S/C12H15N/c1-2-5-10-9(4-1)8-12-11(10)6-3-7-13-12/h1-2,4-5,11-13H,3,6-8H2/t11?,12-/m0/s1. The zero-order chi connectivity index (χ0) is 8.67. The summed E-state index contributed by atoms with van der Waals surface area (Å²) in [5.74, 6) is 0.810. The van der Waals surface area contributed by atoms with Gasteiger partial charge in [-0.05, 0) is 42.9 Å². The van der Waals surface area contributed by atoms with Crippen molar-refractivity contribution in [2.45, 2.75) is 31.2 Å². The molecule has 1 aliphatic heterocycles. The molecular weight excluding hydrogens is 158 g/mol. The SMILES string of the molecule is c1ccc2c(c1)C[C@@H]1NCCCC21. The van der Waals surface area contributed by atoms with Crippen LogP contribution in [0.3, 0.4) is 0 Å². The molecule has 0 amide bonds. The Kier molecular flexibility index (Phi) is 1.66. The van der Waals surface area contributed by atoms with Gasteiger partial charge in [-0.15, -0.1) is 0 Å². The second kappa shape index (κ2) is 2.85. The van der Waals surface area contributed by atoms with Gasteiger partial charge >= 0.3 is 0 Å². The minimum absolute atomic E-state index is 0.742. The number of hydrogen-bond donors (Lipinski definition) is 1. The number of rotatable bonds is 0. The summed E-state index contributed by atoms with van der Waals surface area (Å²) in [4.78, 5) is 0. The molecule has 13 heavy (non-hydrogen) atoms. The molecule has 68 valence electrons. The van der Waals surface area contributed by atoms with Crippen molar-refractivity contribution >= 4 is 0 Å². The predicted molar refractivity (Wildman–Crippen MR) is 53.9 cm³/mol. The lowest BCUT2D eigenvalue weighted by Gasteiger charge is -2.26. The molecule has 1 fully saturated rings. The quantitative estimate of drug-likeness (QED) is 0.633. The van der Waals surface area contributed by atoms with E-state index in [1.165, 1.54) is 25.8 Å². The van der Waals surface area contributed by atoms with Crippen LogP contribution in [-0.2, 0) is 6.42 Å². The molecule has 1 nitrogen and oxygen atoms in total. The Morgan fingerprint density at radius 2 is 2.15 bits per heavy atom. The van der Waals surface area contributed by atoms with Gasteiger partial charge in [-0.2, -0.15) is 0 Å². The normalized spacial score (nSPS) is 31.1. The second-order valence-electron chi connectivity index (χ2n) is 4.21. The van der Waals surface area contributed by atoms with Crippen LogP contribution in [0.1, 0.15) is 29.9 Å². The number of nitrogens with one attached hydrogen (secondary N) is 1. The Morgan fingerprint density at radius 3 is 3.15 bits per heavy atom. The zero-order valence-electron chi connectivity index (χ0n) is 7.79. The first-order valence-electron chi connectivity index (χ1n) is 5.26. The smallest absolute Gasteiger partial charge is 0.0176 e. The molecule has 1 unspecified atom stereocenters. The first-order chi connectivity index (χ1) is 6.45. The van der Waals surface area contributed by atoms with Crippen LogP contribution in [0.15, 0.2) is 24.3 Å². The van der Waals surface area contributed by atoms with Gasteiger partial charge in [0.2, 0.25) is 0 Å². The molecule has 1 heteroatoms. The molecule has 0 radical (unpaired) electrons. The molecule has 1 N–H and O–H groups in total. The molecule has 0 bridgehead atoms. The summed E-state index contributed by atoms with van der Waals surface area (Å²) in [6.07, 6.45) is 3.98. The Hall–Kier alpha value is -0.820. The summed E-state index contributed by atoms with van der Waals surface area (Å²) in [6, 6.07) is 9.68. The first kappa shape index (κ1) is 7.57. The molecule has 1 aliphatic carbocycles. The number of piperidine rings is 1. The van der Waals surface area contributed by atoms with Crippen molar-refractivity contribution < 1.29 is 0 Å². The van der Waals surface area contributed by atoms with E-state index < -0.39 is 0 Å². The van der Waals surface area contributed by atoms with E-state index in [4.69, 9.17) is 0 Å². The van der Waals surface area contributed by atoms with Crippen LogP contribution >= 0.6 is 0 Å². The van der Waals surface area contributed by atoms with Crippen molar-refractivity contribution in [2.75, 3.05) is 6.54 Å². The second-order valence-corrected chi connectivity index (χ2v) is 4.21. The molecular formula is C12H15N. The maximum Gasteiger partial charge on any atom is 0.0176 e. The molecule has 0 saturated carbocycles. The van der Waals surface area contributed by atoms with E-state index in [-0.39, 0.29) is 0 Å². The number of fused-ring (bicyclic) bond motifs is 3. The van der Waals surface area contributed by atoms with E-state index in [0.29, 0.717) is 0 Å². The zero-order valence-corrected chi connectivity index (χ0v) is 7.79. The highest BCUT2D eigenvalue weighted by Crippen LogP contribution is 2.37. The third kappa shape index (κ3) is 1.11. The van der Waals surface area contributed by atoms with Crippen molar-refractivity contribution in [2.24, 2.45) is 0 Å². The lowest BCUT2D eigenvalue weighted by atomic mass is 9.90. The van der Waals surface area contributed by atoms with Gasteiger partial charge in [0, 0.05) is 6.04 Å². The highest BCUT2D eigenvalue weighted by Gasteiger charge is 2.33. The fourth-order valence-corrected chi connectivity index (χ4v) is 2.86. The van der Waals surface area contributed by atoms with Gasteiger partial charge in [-0.3, -0.25) is 0 Å². The Balaban J connectivity index is 2.01. The minimum atomic E-state index is 0.742. The largest absolute Gasteiger partial charge is 0.313 e. The Morgan fingerprint density at radius 1 is 1.23 bits per heavy atom. The highest BCUT2D eigenvalue weighted by atomic mass is 14.9. The lowest BCUT2D eigenvalue weighted by Crippen LogP contribution is -2.37. The fourth-order valence-electron chi connectivity index (χ4n) is 2.86. The molecule has 3 rings (SSSR count). The topological polar surface area (TPSA) is 12.0 Å². The van der Waals surface area contributed by atoms with Crippen molar-refractivity contribution in [1.29, 1.82) is 0 Å². The van der Waals surface area contributed by atoms with E-state index in [0.717, 1.165) is 12.0 Å². The first-order valence-corrected chi connectivity index (χ1v) is 5.26.